The molecular formula is C8H18S. The molecule has 0 N–H and O–H groups in total. The van der Waals surface area contributed by atoms with Crippen LogP contribution in [0, 0.1) is 0 Å². The Morgan fingerprint density at radius 3 is 1.67 bits per heavy atom. The molecule has 0 radical (unpaired) electrons. The van der Waals surface area contributed by atoms with E-state index in [1.54, 1.807) is 0 Å². The molecule has 0 fully saturated rings. The largest absolute Gasteiger partial charge is 0.156 e. The van der Waals surface area contributed by atoms with Gasteiger partial charge in [-0.3, -0.25) is 0 Å². The Bertz CT molecular complexity index is 55.6. The highest BCUT2D eigenvalue weighted by atomic mass is 32.2. The van der Waals surface area contributed by atoms with Gasteiger partial charge in [-0.2, -0.15) is 11.8 Å². The van der Waals surface area contributed by atoms with Crippen LogP contribution in [0.4, 0.5) is 0 Å². The summed E-state index contributed by atoms with van der Waals surface area (Å²) in [5.41, 5.74) is 0. The van der Waals surface area contributed by atoms with Crippen molar-refractivity contribution in [3.8, 4) is 0 Å². The summed E-state index contributed by atoms with van der Waals surface area (Å²) in [6.07, 6.45) is 2.64. The van der Waals surface area contributed by atoms with Crippen LogP contribution in [-0.2, 0) is 0 Å². The number of hydrogen-bond acceptors (Lipinski definition) is 1. The molecule has 0 nitrogen and oxygen atoms in total. The molecule has 0 spiro atoms. The predicted molar refractivity (Wildman–Crippen MR) is 47.1 cm³/mol. The van der Waals surface area contributed by atoms with Gasteiger partial charge in [0, 0.05) is 5.25 Å². The van der Waals surface area contributed by atoms with Crippen LogP contribution in [0.25, 0.3) is 0 Å². The zero-order chi connectivity index (χ0) is 7.28. The Morgan fingerprint density at radius 2 is 1.56 bits per heavy atom. The minimum Gasteiger partial charge on any atom is -0.156 e. The first-order chi connectivity index (χ1) is 4.20. The first-order valence-electron chi connectivity index (χ1n) is 3.86. The van der Waals surface area contributed by atoms with Gasteiger partial charge in [-0.25, -0.2) is 0 Å². The molecule has 0 bridgehead atoms. The fourth-order valence-corrected chi connectivity index (χ4v) is 2.02. The molecular weight excluding hydrogens is 128 g/mol. The molecule has 56 valence electrons. The minimum atomic E-state index is 0.801. The van der Waals surface area contributed by atoms with Crippen molar-refractivity contribution in [3.05, 3.63) is 0 Å². The van der Waals surface area contributed by atoms with Crippen molar-refractivity contribution in [2.24, 2.45) is 0 Å². The van der Waals surface area contributed by atoms with Crippen molar-refractivity contribution >= 4 is 11.8 Å². The molecule has 0 heterocycles. The van der Waals surface area contributed by atoms with E-state index in [0.29, 0.717) is 0 Å². The molecule has 0 aliphatic heterocycles. The van der Waals surface area contributed by atoms with Crippen molar-refractivity contribution in [1.29, 1.82) is 0 Å². The van der Waals surface area contributed by atoms with E-state index in [-0.39, 0.29) is 0 Å². The third kappa shape index (κ3) is 4.83. The average molecular weight is 146 g/mol. The third-order valence-electron chi connectivity index (χ3n) is 1.38. The second-order valence-electron chi connectivity index (χ2n) is 2.62. The highest BCUT2D eigenvalue weighted by molar-refractivity contribution is 8.00. The van der Waals surface area contributed by atoms with E-state index in [4.69, 9.17) is 0 Å². The summed E-state index contributed by atoms with van der Waals surface area (Å²) < 4.78 is 0. The summed E-state index contributed by atoms with van der Waals surface area (Å²) in [7, 11) is 0. The molecule has 0 saturated carbocycles. The average Bonchev–Trinajstić information content (AvgIpc) is 1.82. The van der Waals surface area contributed by atoms with Gasteiger partial charge in [0.2, 0.25) is 0 Å². The Labute approximate surface area is 63.4 Å². The lowest BCUT2D eigenvalue weighted by atomic mass is 10.3. The fourth-order valence-electron chi connectivity index (χ4n) is 0.866. The summed E-state index contributed by atoms with van der Waals surface area (Å²) in [4.78, 5) is 0. The molecule has 0 aromatic rings. The number of thioether (sulfide) groups is 1. The van der Waals surface area contributed by atoms with Gasteiger partial charge in [-0.1, -0.05) is 27.7 Å². The van der Waals surface area contributed by atoms with Crippen LogP contribution in [0.15, 0.2) is 0 Å². The molecule has 0 aromatic heterocycles. The second kappa shape index (κ2) is 5.16. The summed E-state index contributed by atoms with van der Waals surface area (Å²) in [5.74, 6) is 0. The second-order valence-corrected chi connectivity index (χ2v) is 4.50. The molecule has 0 rings (SSSR count). The van der Waals surface area contributed by atoms with Gasteiger partial charge in [0.25, 0.3) is 0 Å². The molecule has 0 aromatic carbocycles. The van der Waals surface area contributed by atoms with Crippen molar-refractivity contribution < 1.29 is 0 Å². The highest BCUT2D eigenvalue weighted by Crippen LogP contribution is 2.21. The van der Waals surface area contributed by atoms with Crippen molar-refractivity contribution in [1.82, 2.24) is 0 Å². The fraction of sp³-hybridized carbons (Fsp3) is 1.00. The van der Waals surface area contributed by atoms with E-state index in [1.807, 2.05) is 0 Å². The Morgan fingerprint density at radius 1 is 1.11 bits per heavy atom. The third-order valence-corrected chi connectivity index (χ3v) is 2.97. The first kappa shape index (κ1) is 9.35. The summed E-state index contributed by atoms with van der Waals surface area (Å²) >= 11 is 2.10. The maximum absolute atomic E-state index is 2.27. The topological polar surface area (TPSA) is 0 Å². The first-order valence-corrected chi connectivity index (χ1v) is 4.80. The van der Waals surface area contributed by atoms with E-state index >= 15 is 0 Å². The quantitative estimate of drug-likeness (QED) is 0.586. The lowest BCUT2D eigenvalue weighted by Gasteiger charge is -2.13. The smallest absolute Gasteiger partial charge is 0.00443 e. The molecule has 0 aliphatic carbocycles. The van der Waals surface area contributed by atoms with Crippen LogP contribution in [0.5, 0.6) is 0 Å². The van der Waals surface area contributed by atoms with Crippen molar-refractivity contribution in [3.63, 3.8) is 0 Å². The van der Waals surface area contributed by atoms with Gasteiger partial charge in [-0.15, -0.1) is 0 Å². The van der Waals surface area contributed by atoms with E-state index in [0.717, 1.165) is 10.5 Å². The lowest BCUT2D eigenvalue weighted by molar-refractivity contribution is 0.787. The maximum atomic E-state index is 2.27. The molecule has 0 atom stereocenters. The lowest BCUT2D eigenvalue weighted by Crippen LogP contribution is -2.02. The van der Waals surface area contributed by atoms with Gasteiger partial charge < -0.3 is 0 Å². The normalized spacial score (nSPS) is 11.3. The van der Waals surface area contributed by atoms with Gasteiger partial charge in [0.1, 0.15) is 0 Å². The van der Waals surface area contributed by atoms with E-state index in [2.05, 4.69) is 39.5 Å². The Hall–Kier alpha value is 0.350. The summed E-state index contributed by atoms with van der Waals surface area (Å²) in [6.45, 7) is 9.07. The number of rotatable bonds is 4. The molecule has 1 heteroatoms. The standard InChI is InChI=1S/C8H18S/c1-5-8(6-2)9-7(3)4/h7-8H,5-6H2,1-4H3. The Balaban J connectivity index is 3.31. The molecule has 0 amide bonds. The van der Waals surface area contributed by atoms with Gasteiger partial charge in [0.05, 0.1) is 0 Å². The molecule has 0 aliphatic rings. The van der Waals surface area contributed by atoms with Gasteiger partial charge in [-0.05, 0) is 18.1 Å². The van der Waals surface area contributed by atoms with E-state index in [1.165, 1.54) is 12.8 Å². The predicted octanol–water partition coefficient (Wildman–Crippen LogP) is 3.32. The van der Waals surface area contributed by atoms with Crippen molar-refractivity contribution in [2.45, 2.75) is 51.0 Å². The van der Waals surface area contributed by atoms with E-state index < -0.39 is 0 Å². The maximum Gasteiger partial charge on any atom is 0.00443 e. The van der Waals surface area contributed by atoms with Crippen LogP contribution in [0.1, 0.15) is 40.5 Å². The zero-order valence-corrected chi connectivity index (χ0v) is 7.79. The van der Waals surface area contributed by atoms with Crippen LogP contribution < -0.4 is 0 Å². The monoisotopic (exact) mass is 146 g/mol. The van der Waals surface area contributed by atoms with Crippen molar-refractivity contribution in [2.75, 3.05) is 0 Å². The molecule has 0 unspecified atom stereocenters. The van der Waals surface area contributed by atoms with Gasteiger partial charge >= 0.3 is 0 Å². The van der Waals surface area contributed by atoms with Crippen LogP contribution in [-0.4, -0.2) is 10.5 Å². The summed E-state index contributed by atoms with van der Waals surface area (Å²) in [6, 6.07) is 0. The van der Waals surface area contributed by atoms with Crippen LogP contribution >= 0.6 is 11.8 Å². The molecule has 0 saturated heterocycles. The Kier molecular flexibility index (Phi) is 5.36. The zero-order valence-electron chi connectivity index (χ0n) is 6.98. The number of hydrogen-bond donors (Lipinski definition) is 0. The summed E-state index contributed by atoms with van der Waals surface area (Å²) in [5, 5.41) is 1.69. The van der Waals surface area contributed by atoms with Crippen LogP contribution in [0.2, 0.25) is 0 Å². The molecule has 9 heavy (non-hydrogen) atoms. The SMILES string of the molecule is CCC(CC)SC(C)C. The van der Waals surface area contributed by atoms with E-state index in [9.17, 15) is 0 Å². The van der Waals surface area contributed by atoms with Crippen LogP contribution in [0.3, 0.4) is 0 Å². The highest BCUT2D eigenvalue weighted by Gasteiger charge is 2.04. The van der Waals surface area contributed by atoms with Gasteiger partial charge in [0.15, 0.2) is 0 Å². The minimum absolute atomic E-state index is 0.801.